The molecule has 0 radical (unpaired) electrons. The van der Waals surface area contributed by atoms with Gasteiger partial charge in [0.05, 0.1) is 18.0 Å². The molecule has 0 saturated carbocycles. The monoisotopic (exact) mass is 410 g/mol. The number of hydrogen-bond donors (Lipinski definition) is 1. The SMILES string of the molecule is CCOCc1ccc(CNC(=O)CN(C)S(=O)(=O)c2ccc(Cl)cc2)cc1. The van der Waals surface area contributed by atoms with E-state index in [1.165, 1.54) is 31.3 Å². The third kappa shape index (κ3) is 6.32. The smallest absolute Gasteiger partial charge is 0.243 e. The number of benzene rings is 2. The predicted molar refractivity (Wildman–Crippen MR) is 105 cm³/mol. The quantitative estimate of drug-likeness (QED) is 0.689. The Hall–Kier alpha value is -1.93. The van der Waals surface area contributed by atoms with Crippen LogP contribution in [0.3, 0.4) is 0 Å². The van der Waals surface area contributed by atoms with Crippen molar-refractivity contribution in [2.75, 3.05) is 20.2 Å². The molecule has 0 bridgehead atoms. The van der Waals surface area contributed by atoms with Crippen LogP contribution in [0.1, 0.15) is 18.1 Å². The lowest BCUT2D eigenvalue weighted by atomic mass is 10.1. The van der Waals surface area contributed by atoms with Crippen molar-refractivity contribution in [3.8, 4) is 0 Å². The van der Waals surface area contributed by atoms with Crippen molar-refractivity contribution in [1.29, 1.82) is 0 Å². The first kappa shape index (κ1) is 21.4. The Bertz CT molecular complexity index is 852. The van der Waals surface area contributed by atoms with Crippen LogP contribution >= 0.6 is 11.6 Å². The number of likely N-dealkylation sites (N-methyl/N-ethyl adjacent to an activating group) is 1. The van der Waals surface area contributed by atoms with E-state index in [-0.39, 0.29) is 17.3 Å². The predicted octanol–water partition coefficient (Wildman–Crippen LogP) is 2.81. The molecule has 0 aromatic heterocycles. The Morgan fingerprint density at radius 1 is 1.07 bits per heavy atom. The Balaban J connectivity index is 1.88. The zero-order valence-electron chi connectivity index (χ0n) is 15.3. The summed E-state index contributed by atoms with van der Waals surface area (Å²) in [4.78, 5) is 12.2. The summed E-state index contributed by atoms with van der Waals surface area (Å²) in [6.07, 6.45) is 0. The summed E-state index contributed by atoms with van der Waals surface area (Å²) in [6, 6.07) is 13.5. The third-order valence-electron chi connectivity index (χ3n) is 3.87. The number of halogens is 1. The molecule has 2 rings (SSSR count). The zero-order valence-corrected chi connectivity index (χ0v) is 16.9. The molecule has 1 N–H and O–H groups in total. The Kier molecular flexibility index (Phi) is 7.79. The zero-order chi connectivity index (χ0) is 19.9. The molecule has 2 aromatic carbocycles. The van der Waals surface area contributed by atoms with E-state index in [4.69, 9.17) is 16.3 Å². The van der Waals surface area contributed by atoms with Gasteiger partial charge in [0.2, 0.25) is 15.9 Å². The molecule has 6 nitrogen and oxygen atoms in total. The first-order valence-corrected chi connectivity index (χ1v) is 10.3. The topological polar surface area (TPSA) is 75.7 Å². The van der Waals surface area contributed by atoms with Crippen LogP contribution in [0.25, 0.3) is 0 Å². The largest absolute Gasteiger partial charge is 0.377 e. The lowest BCUT2D eigenvalue weighted by molar-refractivity contribution is -0.121. The van der Waals surface area contributed by atoms with Gasteiger partial charge in [-0.1, -0.05) is 35.9 Å². The minimum atomic E-state index is -3.75. The van der Waals surface area contributed by atoms with Gasteiger partial charge in [0, 0.05) is 25.2 Å². The van der Waals surface area contributed by atoms with Crippen LogP contribution in [0.4, 0.5) is 0 Å². The molecule has 0 atom stereocenters. The molecular formula is C19H23ClN2O4S. The van der Waals surface area contributed by atoms with Gasteiger partial charge < -0.3 is 10.1 Å². The molecule has 0 fully saturated rings. The van der Waals surface area contributed by atoms with E-state index in [1.807, 2.05) is 31.2 Å². The number of carbonyl (C=O) groups is 1. The normalized spacial score (nSPS) is 11.6. The minimum absolute atomic E-state index is 0.0899. The summed E-state index contributed by atoms with van der Waals surface area (Å²) in [5, 5.41) is 3.17. The maximum Gasteiger partial charge on any atom is 0.243 e. The van der Waals surface area contributed by atoms with Crippen molar-refractivity contribution in [3.63, 3.8) is 0 Å². The van der Waals surface area contributed by atoms with Crippen molar-refractivity contribution in [3.05, 3.63) is 64.7 Å². The molecule has 27 heavy (non-hydrogen) atoms. The van der Waals surface area contributed by atoms with Gasteiger partial charge in [0.1, 0.15) is 0 Å². The van der Waals surface area contributed by atoms with Crippen molar-refractivity contribution < 1.29 is 17.9 Å². The fraction of sp³-hybridized carbons (Fsp3) is 0.316. The highest BCUT2D eigenvalue weighted by Gasteiger charge is 2.22. The van der Waals surface area contributed by atoms with Gasteiger partial charge in [-0.15, -0.1) is 0 Å². The lowest BCUT2D eigenvalue weighted by Crippen LogP contribution is -2.38. The fourth-order valence-electron chi connectivity index (χ4n) is 2.30. The molecule has 0 spiro atoms. The van der Waals surface area contributed by atoms with E-state index in [9.17, 15) is 13.2 Å². The highest BCUT2D eigenvalue weighted by atomic mass is 35.5. The first-order valence-electron chi connectivity index (χ1n) is 8.47. The first-order chi connectivity index (χ1) is 12.8. The number of rotatable bonds is 9. The second-order valence-electron chi connectivity index (χ2n) is 5.95. The standard InChI is InChI=1S/C19H23ClN2O4S/c1-3-26-14-16-6-4-15(5-7-16)12-21-19(23)13-22(2)27(24,25)18-10-8-17(20)9-11-18/h4-11H,3,12-14H2,1-2H3,(H,21,23). The second kappa shape index (κ2) is 9.85. The number of nitrogens with zero attached hydrogens (tertiary/aromatic N) is 1. The molecule has 0 heterocycles. The Labute approximate surface area is 165 Å². The third-order valence-corrected chi connectivity index (χ3v) is 5.94. The molecule has 2 aromatic rings. The second-order valence-corrected chi connectivity index (χ2v) is 8.43. The number of hydrogen-bond acceptors (Lipinski definition) is 4. The summed E-state index contributed by atoms with van der Waals surface area (Å²) in [6.45, 7) is 3.20. The number of amides is 1. The number of sulfonamides is 1. The summed E-state index contributed by atoms with van der Waals surface area (Å²) >= 11 is 5.78. The van der Waals surface area contributed by atoms with Crippen LogP contribution in [0, 0.1) is 0 Å². The fourth-order valence-corrected chi connectivity index (χ4v) is 3.56. The van der Waals surface area contributed by atoms with Crippen LogP contribution in [-0.2, 0) is 32.7 Å². The van der Waals surface area contributed by atoms with Crippen LogP contribution in [0.5, 0.6) is 0 Å². The number of nitrogens with one attached hydrogen (secondary N) is 1. The van der Waals surface area contributed by atoms with E-state index in [1.54, 1.807) is 0 Å². The summed E-state index contributed by atoms with van der Waals surface area (Å²) in [5.74, 6) is -0.381. The van der Waals surface area contributed by atoms with E-state index < -0.39 is 10.0 Å². The van der Waals surface area contributed by atoms with Crippen molar-refractivity contribution in [1.82, 2.24) is 9.62 Å². The van der Waals surface area contributed by atoms with Gasteiger partial charge in [-0.3, -0.25) is 4.79 Å². The lowest BCUT2D eigenvalue weighted by Gasteiger charge is -2.17. The van der Waals surface area contributed by atoms with Gasteiger partial charge >= 0.3 is 0 Å². The number of carbonyl (C=O) groups excluding carboxylic acids is 1. The molecule has 8 heteroatoms. The van der Waals surface area contributed by atoms with Crippen molar-refractivity contribution in [2.45, 2.75) is 25.0 Å². The average molecular weight is 411 g/mol. The molecule has 0 unspecified atom stereocenters. The van der Waals surface area contributed by atoms with Crippen LogP contribution < -0.4 is 5.32 Å². The van der Waals surface area contributed by atoms with E-state index in [0.29, 0.717) is 24.8 Å². The molecule has 146 valence electrons. The van der Waals surface area contributed by atoms with E-state index in [0.717, 1.165) is 15.4 Å². The van der Waals surface area contributed by atoms with Gasteiger partial charge in [-0.2, -0.15) is 4.31 Å². The molecule has 1 amide bonds. The summed E-state index contributed by atoms with van der Waals surface area (Å²) in [7, 11) is -2.38. The van der Waals surface area contributed by atoms with E-state index >= 15 is 0 Å². The average Bonchev–Trinajstić information content (AvgIpc) is 2.65. The van der Waals surface area contributed by atoms with Gasteiger partial charge in [0.15, 0.2) is 0 Å². The maximum atomic E-state index is 12.5. The van der Waals surface area contributed by atoms with Crippen molar-refractivity contribution >= 4 is 27.5 Å². The molecule has 0 aliphatic carbocycles. The highest BCUT2D eigenvalue weighted by Crippen LogP contribution is 2.17. The summed E-state index contributed by atoms with van der Waals surface area (Å²) in [5.41, 5.74) is 1.98. The molecule has 0 saturated heterocycles. The van der Waals surface area contributed by atoms with Gasteiger partial charge in [-0.25, -0.2) is 8.42 Å². The van der Waals surface area contributed by atoms with Crippen molar-refractivity contribution in [2.24, 2.45) is 0 Å². The highest BCUT2D eigenvalue weighted by molar-refractivity contribution is 7.89. The van der Waals surface area contributed by atoms with Crippen LogP contribution in [0.2, 0.25) is 5.02 Å². The minimum Gasteiger partial charge on any atom is -0.377 e. The van der Waals surface area contributed by atoms with Crippen LogP contribution in [0.15, 0.2) is 53.4 Å². The Morgan fingerprint density at radius 2 is 1.67 bits per heavy atom. The van der Waals surface area contributed by atoms with E-state index in [2.05, 4.69) is 5.32 Å². The molecule has 0 aliphatic rings. The number of ether oxygens (including phenoxy) is 1. The van der Waals surface area contributed by atoms with Crippen LogP contribution in [-0.4, -0.2) is 38.8 Å². The summed E-state index contributed by atoms with van der Waals surface area (Å²) < 4.78 is 31.3. The molecule has 0 aliphatic heterocycles. The Morgan fingerprint density at radius 3 is 2.26 bits per heavy atom. The molecular weight excluding hydrogens is 388 g/mol. The maximum absolute atomic E-state index is 12.5. The van der Waals surface area contributed by atoms with Gasteiger partial charge in [-0.05, 0) is 42.3 Å². The van der Waals surface area contributed by atoms with Gasteiger partial charge in [0.25, 0.3) is 0 Å².